The van der Waals surface area contributed by atoms with E-state index in [0.717, 1.165) is 18.8 Å². The highest BCUT2D eigenvalue weighted by Gasteiger charge is 2.52. The number of nitrogens with zero attached hydrogens (tertiary/aromatic N) is 2. The van der Waals surface area contributed by atoms with E-state index in [-0.39, 0.29) is 5.91 Å². The Morgan fingerprint density at radius 1 is 1.20 bits per heavy atom. The zero-order valence-electron chi connectivity index (χ0n) is 12.8. The van der Waals surface area contributed by atoms with Crippen LogP contribution in [-0.4, -0.2) is 59.1 Å². The summed E-state index contributed by atoms with van der Waals surface area (Å²) in [6, 6.07) is 0.433. The molecule has 2 saturated carbocycles. The second-order valence-corrected chi connectivity index (χ2v) is 7.44. The van der Waals surface area contributed by atoms with Gasteiger partial charge in [0.25, 0.3) is 0 Å². The molecule has 0 unspecified atom stereocenters. The molecule has 1 amide bonds. The summed E-state index contributed by atoms with van der Waals surface area (Å²) < 4.78 is 0. The number of hydrogen-bond donors (Lipinski definition) is 1. The van der Waals surface area contributed by atoms with Crippen LogP contribution in [0.25, 0.3) is 0 Å². The Labute approximate surface area is 122 Å². The number of aliphatic hydroxyl groups is 1. The van der Waals surface area contributed by atoms with Crippen molar-refractivity contribution in [3.05, 3.63) is 0 Å². The number of carbonyl (C=O) groups is 1. The van der Waals surface area contributed by atoms with E-state index < -0.39 is 5.60 Å². The molecule has 3 aliphatic rings. The maximum atomic E-state index is 12.3. The summed E-state index contributed by atoms with van der Waals surface area (Å²) in [5, 5.41) is 10.3. The maximum absolute atomic E-state index is 12.3. The Balaban J connectivity index is 1.43. The van der Waals surface area contributed by atoms with Crippen LogP contribution in [0.4, 0.5) is 0 Å². The van der Waals surface area contributed by atoms with E-state index in [9.17, 15) is 9.90 Å². The normalized spacial score (nSPS) is 33.5. The summed E-state index contributed by atoms with van der Waals surface area (Å²) in [6.07, 6.45) is 7.11. The molecule has 3 fully saturated rings. The van der Waals surface area contributed by atoms with Gasteiger partial charge in [-0.05, 0) is 50.4 Å². The van der Waals surface area contributed by atoms with Crippen LogP contribution in [0, 0.1) is 11.8 Å². The zero-order valence-corrected chi connectivity index (χ0v) is 12.8. The largest absolute Gasteiger partial charge is 0.387 e. The minimum Gasteiger partial charge on any atom is -0.387 e. The monoisotopic (exact) mass is 280 g/mol. The third-order valence-corrected chi connectivity index (χ3v) is 5.62. The first kappa shape index (κ1) is 14.3. The van der Waals surface area contributed by atoms with Crippen molar-refractivity contribution in [2.45, 2.75) is 57.1 Å². The summed E-state index contributed by atoms with van der Waals surface area (Å²) in [7, 11) is 1.95. The van der Waals surface area contributed by atoms with Crippen LogP contribution >= 0.6 is 0 Å². The average molecular weight is 280 g/mol. The molecule has 0 atom stereocenters. The number of rotatable bonds is 4. The first-order valence-electron chi connectivity index (χ1n) is 8.18. The highest BCUT2D eigenvalue weighted by molar-refractivity contribution is 5.78. The Kier molecular flexibility index (Phi) is 3.80. The van der Waals surface area contributed by atoms with Crippen molar-refractivity contribution in [2.24, 2.45) is 11.8 Å². The van der Waals surface area contributed by atoms with E-state index in [2.05, 4.69) is 11.8 Å². The lowest BCUT2D eigenvalue weighted by molar-refractivity contribution is -0.146. The van der Waals surface area contributed by atoms with Crippen LogP contribution in [0.2, 0.25) is 0 Å². The fourth-order valence-electron chi connectivity index (χ4n) is 3.86. The fourth-order valence-corrected chi connectivity index (χ4v) is 3.86. The van der Waals surface area contributed by atoms with Crippen molar-refractivity contribution in [1.29, 1.82) is 0 Å². The minimum atomic E-state index is -0.473. The summed E-state index contributed by atoms with van der Waals surface area (Å²) in [4.78, 5) is 16.4. The molecule has 0 aromatic carbocycles. The van der Waals surface area contributed by atoms with E-state index >= 15 is 0 Å². The van der Waals surface area contributed by atoms with Gasteiger partial charge in [-0.1, -0.05) is 6.92 Å². The Morgan fingerprint density at radius 2 is 1.80 bits per heavy atom. The molecule has 114 valence electrons. The third kappa shape index (κ3) is 2.86. The number of carbonyl (C=O) groups excluding carboxylic acids is 1. The molecule has 1 aliphatic heterocycles. The van der Waals surface area contributed by atoms with Gasteiger partial charge in [0, 0.05) is 26.2 Å². The maximum Gasteiger partial charge on any atom is 0.236 e. The molecule has 4 heteroatoms. The van der Waals surface area contributed by atoms with Crippen molar-refractivity contribution in [1.82, 2.24) is 9.80 Å². The number of likely N-dealkylation sites (N-methyl/N-ethyl adjacent to an activating group) is 1. The lowest BCUT2D eigenvalue weighted by Crippen LogP contribution is -2.64. The van der Waals surface area contributed by atoms with E-state index in [1.807, 2.05) is 11.9 Å². The van der Waals surface area contributed by atoms with Gasteiger partial charge >= 0.3 is 0 Å². The van der Waals surface area contributed by atoms with Gasteiger partial charge in [0.1, 0.15) is 0 Å². The van der Waals surface area contributed by atoms with Crippen LogP contribution in [0.3, 0.4) is 0 Å². The summed E-state index contributed by atoms with van der Waals surface area (Å²) in [5.41, 5.74) is -0.473. The summed E-state index contributed by atoms with van der Waals surface area (Å²) in [5.74, 6) is 1.55. The van der Waals surface area contributed by atoms with Crippen LogP contribution in [0.5, 0.6) is 0 Å². The number of hydrogen-bond acceptors (Lipinski definition) is 3. The van der Waals surface area contributed by atoms with Gasteiger partial charge < -0.3 is 10.0 Å². The zero-order chi connectivity index (χ0) is 14.3. The van der Waals surface area contributed by atoms with Crippen molar-refractivity contribution in [2.75, 3.05) is 26.7 Å². The van der Waals surface area contributed by atoms with Crippen molar-refractivity contribution >= 4 is 5.91 Å². The molecule has 0 aromatic heterocycles. The van der Waals surface area contributed by atoms with Crippen molar-refractivity contribution < 1.29 is 9.90 Å². The Morgan fingerprint density at radius 3 is 2.35 bits per heavy atom. The molecule has 0 bridgehead atoms. The second kappa shape index (κ2) is 5.30. The molecule has 1 N–H and O–H groups in total. The SMILES string of the molecule is CC1CCC(N(C)C(=O)CN2CC(O)(C3CC3)C2)CC1. The van der Waals surface area contributed by atoms with E-state index in [1.165, 1.54) is 25.7 Å². The van der Waals surface area contributed by atoms with Crippen molar-refractivity contribution in [3.63, 3.8) is 0 Å². The summed E-state index contributed by atoms with van der Waals surface area (Å²) in [6.45, 7) is 4.17. The number of likely N-dealkylation sites (tertiary alicyclic amines) is 1. The molecule has 2 aliphatic carbocycles. The van der Waals surface area contributed by atoms with Gasteiger partial charge in [0.05, 0.1) is 12.1 Å². The van der Waals surface area contributed by atoms with Gasteiger partial charge in [-0.25, -0.2) is 0 Å². The van der Waals surface area contributed by atoms with Crippen LogP contribution in [0.15, 0.2) is 0 Å². The molecule has 1 saturated heterocycles. The molecule has 0 aromatic rings. The highest BCUT2D eigenvalue weighted by atomic mass is 16.3. The predicted octanol–water partition coefficient (Wildman–Crippen LogP) is 1.48. The Bertz CT molecular complexity index is 367. The topological polar surface area (TPSA) is 43.8 Å². The smallest absolute Gasteiger partial charge is 0.236 e. The quantitative estimate of drug-likeness (QED) is 0.848. The Hall–Kier alpha value is -0.610. The third-order valence-electron chi connectivity index (χ3n) is 5.62. The molecule has 0 spiro atoms. The van der Waals surface area contributed by atoms with Crippen LogP contribution in [-0.2, 0) is 4.79 Å². The van der Waals surface area contributed by atoms with Gasteiger partial charge in [-0.3, -0.25) is 9.69 Å². The number of β-amino-alcohol motifs (C(OH)–C–C–N with tert-alkyl or cyclic N) is 1. The van der Waals surface area contributed by atoms with Crippen LogP contribution in [0.1, 0.15) is 45.4 Å². The van der Waals surface area contributed by atoms with Gasteiger partial charge in [0.2, 0.25) is 5.91 Å². The minimum absolute atomic E-state index is 0.224. The summed E-state index contributed by atoms with van der Waals surface area (Å²) >= 11 is 0. The second-order valence-electron chi connectivity index (χ2n) is 7.44. The molecule has 0 radical (unpaired) electrons. The van der Waals surface area contributed by atoms with E-state index in [0.29, 0.717) is 31.6 Å². The lowest BCUT2D eigenvalue weighted by atomic mass is 9.86. The highest BCUT2D eigenvalue weighted by Crippen LogP contribution is 2.44. The first-order chi connectivity index (χ1) is 9.48. The molecular weight excluding hydrogens is 252 g/mol. The van der Waals surface area contributed by atoms with Crippen molar-refractivity contribution in [3.8, 4) is 0 Å². The van der Waals surface area contributed by atoms with Gasteiger partial charge in [0.15, 0.2) is 0 Å². The van der Waals surface area contributed by atoms with Gasteiger partial charge in [-0.2, -0.15) is 0 Å². The average Bonchev–Trinajstić information content (AvgIpc) is 3.21. The molecular formula is C16H28N2O2. The standard InChI is InChI=1S/C16H28N2O2/c1-12-3-7-14(8-4-12)17(2)15(19)9-18-10-16(20,11-18)13-5-6-13/h12-14,20H,3-11H2,1-2H3. The molecule has 3 rings (SSSR count). The predicted molar refractivity (Wildman–Crippen MR) is 78.3 cm³/mol. The van der Waals surface area contributed by atoms with E-state index in [4.69, 9.17) is 0 Å². The molecule has 1 heterocycles. The number of amides is 1. The van der Waals surface area contributed by atoms with Crippen LogP contribution < -0.4 is 0 Å². The first-order valence-corrected chi connectivity index (χ1v) is 8.18. The van der Waals surface area contributed by atoms with E-state index in [1.54, 1.807) is 0 Å². The lowest BCUT2D eigenvalue weighted by Gasteiger charge is -2.47. The molecule has 20 heavy (non-hydrogen) atoms. The fraction of sp³-hybridized carbons (Fsp3) is 0.938. The molecule has 4 nitrogen and oxygen atoms in total. The van der Waals surface area contributed by atoms with Gasteiger partial charge in [-0.15, -0.1) is 0 Å².